The molecule has 0 amide bonds. The van der Waals surface area contributed by atoms with Crippen molar-refractivity contribution in [3.63, 3.8) is 0 Å². The van der Waals surface area contributed by atoms with Crippen LogP contribution in [0.1, 0.15) is 138 Å². The smallest absolute Gasteiger partial charge is 0.112 e. The maximum absolute atomic E-state index is 7.12. The van der Waals surface area contributed by atoms with Gasteiger partial charge in [-0.1, -0.05) is 123 Å². The van der Waals surface area contributed by atoms with Crippen LogP contribution < -0.4 is 0 Å². The zero-order valence-electron chi connectivity index (χ0n) is 28.2. The molecule has 4 aliphatic rings. The van der Waals surface area contributed by atoms with Gasteiger partial charge in [-0.15, -0.1) is 6.58 Å². The third kappa shape index (κ3) is 6.60. The first-order chi connectivity index (χ1) is 19.6. The van der Waals surface area contributed by atoms with Crippen molar-refractivity contribution in [2.45, 2.75) is 139 Å². The predicted molar refractivity (Wildman–Crippen MR) is 181 cm³/mol. The summed E-state index contributed by atoms with van der Waals surface area (Å²) in [7, 11) is 0. The molecule has 1 aromatic rings. The van der Waals surface area contributed by atoms with E-state index < -0.39 is 0 Å². The summed E-state index contributed by atoms with van der Waals surface area (Å²) in [4.78, 5) is 0. The molecule has 0 radical (unpaired) electrons. The van der Waals surface area contributed by atoms with Gasteiger partial charge in [-0.05, 0) is 98.5 Å². The number of fused-ring (bicyclic) bond motifs is 4. The zero-order chi connectivity index (χ0) is 30.3. The Bertz CT molecular complexity index is 999. The van der Waals surface area contributed by atoms with Crippen LogP contribution in [0.2, 0.25) is 0 Å². The van der Waals surface area contributed by atoms with Crippen molar-refractivity contribution in [3.8, 4) is 0 Å². The second-order valence-corrected chi connectivity index (χ2v) is 14.3. The Morgan fingerprint density at radius 3 is 2.22 bits per heavy atom. The topological polar surface area (TPSA) is 9.23 Å². The molecule has 6 unspecified atom stereocenters. The Labute approximate surface area is 255 Å². The molecule has 0 aliphatic heterocycles. The van der Waals surface area contributed by atoms with Crippen molar-refractivity contribution in [3.05, 3.63) is 66.5 Å². The monoisotopic (exact) mass is 560 g/mol. The second-order valence-electron chi connectivity index (χ2n) is 14.3. The quantitative estimate of drug-likeness (QED) is 0.174. The molecule has 41 heavy (non-hydrogen) atoms. The number of hydrogen-bond acceptors (Lipinski definition) is 1. The lowest BCUT2D eigenvalue weighted by atomic mass is 9.45. The number of benzene rings is 1. The Hall–Kier alpha value is -1.76. The summed E-state index contributed by atoms with van der Waals surface area (Å²) >= 11 is 0. The summed E-state index contributed by atoms with van der Waals surface area (Å²) < 4.78 is 7.12. The highest BCUT2D eigenvalue weighted by atomic mass is 16.5. The van der Waals surface area contributed by atoms with Crippen LogP contribution in [0.5, 0.6) is 0 Å². The third-order valence-corrected chi connectivity index (χ3v) is 12.1. The molecular formula is C40H64O. The summed E-state index contributed by atoms with van der Waals surface area (Å²) in [5.41, 5.74) is 3.72. The van der Waals surface area contributed by atoms with Gasteiger partial charge in [0.05, 0.1) is 0 Å². The summed E-state index contributed by atoms with van der Waals surface area (Å²) in [5, 5.41) is 0. The molecule has 5 rings (SSSR count). The summed E-state index contributed by atoms with van der Waals surface area (Å²) in [5.74, 6) is 3.89. The molecule has 0 N–H and O–H groups in total. The van der Waals surface area contributed by atoms with Crippen molar-refractivity contribution in [1.29, 1.82) is 0 Å². The average Bonchev–Trinajstić information content (AvgIpc) is 3.46. The van der Waals surface area contributed by atoms with E-state index in [1.165, 1.54) is 88.2 Å². The Balaban J connectivity index is 0.000000515. The van der Waals surface area contributed by atoms with E-state index >= 15 is 0 Å². The molecule has 230 valence electrons. The first kappa shape index (κ1) is 33.7. The zero-order valence-corrected chi connectivity index (χ0v) is 28.2. The van der Waals surface area contributed by atoms with Gasteiger partial charge >= 0.3 is 0 Å². The highest BCUT2D eigenvalue weighted by molar-refractivity contribution is 5.51. The Kier molecular flexibility index (Phi) is 12.0. The fourth-order valence-electron chi connectivity index (χ4n) is 10.2. The summed E-state index contributed by atoms with van der Waals surface area (Å²) in [6, 6.07) is 10.6. The summed E-state index contributed by atoms with van der Waals surface area (Å²) in [6.07, 6.45) is 20.9. The lowest BCUT2D eigenvalue weighted by Gasteiger charge is -2.61. The van der Waals surface area contributed by atoms with Crippen LogP contribution in [0.4, 0.5) is 0 Å². The van der Waals surface area contributed by atoms with Crippen molar-refractivity contribution in [1.82, 2.24) is 0 Å². The van der Waals surface area contributed by atoms with E-state index in [1.54, 1.807) is 0 Å². The van der Waals surface area contributed by atoms with Crippen LogP contribution in [-0.2, 0) is 4.74 Å². The predicted octanol–water partition coefficient (Wildman–Crippen LogP) is 12.4. The van der Waals surface area contributed by atoms with Crippen LogP contribution >= 0.6 is 0 Å². The molecule has 2 bridgehead atoms. The standard InChI is InChI=1S/C32H46O.C6H12.C2H6/c1-6-32-20-19-23(2)28(32)29(33-25(4)17-18-26-13-9-7-10-14-26)31(27-15-11-8-12-16-27)21-24(3)30(32,5)22-31;1-4-5-6(2)3;1-2/h7,9-10,13-14,17-18,23-24,27-29H,4,6,8,11-12,15-16,19-22H2,1-3,5H3;2,4-5H2,1,3H3;1-2H3/b18-17+;;/t23?,24?,28?,29-,30?,31?,32?;;/m0../s1. The van der Waals surface area contributed by atoms with Gasteiger partial charge in [0.1, 0.15) is 11.9 Å². The maximum Gasteiger partial charge on any atom is 0.112 e. The molecule has 7 atom stereocenters. The first-order valence-corrected chi connectivity index (χ1v) is 17.4. The van der Waals surface area contributed by atoms with E-state index in [-0.39, 0.29) is 0 Å². The average molecular weight is 561 g/mol. The Morgan fingerprint density at radius 1 is 1.00 bits per heavy atom. The summed E-state index contributed by atoms with van der Waals surface area (Å²) in [6.45, 7) is 26.7. The number of hydrogen-bond donors (Lipinski definition) is 0. The normalized spacial score (nSPS) is 36.0. The first-order valence-electron chi connectivity index (χ1n) is 17.4. The number of allylic oxidation sites excluding steroid dienone is 2. The second kappa shape index (κ2) is 14.6. The van der Waals surface area contributed by atoms with Gasteiger partial charge in [0.15, 0.2) is 0 Å². The van der Waals surface area contributed by atoms with E-state index in [9.17, 15) is 0 Å². The van der Waals surface area contributed by atoms with E-state index in [0.717, 1.165) is 23.5 Å². The number of rotatable bonds is 8. The van der Waals surface area contributed by atoms with E-state index in [1.807, 2.05) is 13.8 Å². The maximum atomic E-state index is 7.12. The third-order valence-electron chi connectivity index (χ3n) is 12.1. The molecule has 4 fully saturated rings. The minimum Gasteiger partial charge on any atom is -0.490 e. The van der Waals surface area contributed by atoms with Gasteiger partial charge in [-0.2, -0.15) is 0 Å². The van der Waals surface area contributed by atoms with E-state index in [4.69, 9.17) is 4.74 Å². The van der Waals surface area contributed by atoms with Gasteiger partial charge in [-0.25, -0.2) is 0 Å². The van der Waals surface area contributed by atoms with Gasteiger partial charge in [0.2, 0.25) is 0 Å². The van der Waals surface area contributed by atoms with Crippen molar-refractivity contribution in [2.75, 3.05) is 0 Å². The largest absolute Gasteiger partial charge is 0.490 e. The van der Waals surface area contributed by atoms with Crippen LogP contribution in [-0.4, -0.2) is 6.10 Å². The fraction of sp³-hybridized carbons (Fsp3) is 0.700. The van der Waals surface area contributed by atoms with Gasteiger partial charge in [-0.3, -0.25) is 0 Å². The molecule has 0 aromatic heterocycles. The Morgan fingerprint density at radius 2 is 1.66 bits per heavy atom. The van der Waals surface area contributed by atoms with E-state index in [0.29, 0.717) is 28.3 Å². The van der Waals surface area contributed by atoms with Gasteiger partial charge in [0.25, 0.3) is 0 Å². The van der Waals surface area contributed by atoms with Crippen molar-refractivity contribution in [2.24, 2.45) is 39.9 Å². The molecule has 0 saturated heterocycles. The molecule has 1 nitrogen and oxygen atoms in total. The molecular weight excluding hydrogens is 496 g/mol. The van der Waals surface area contributed by atoms with Crippen LogP contribution in [0.25, 0.3) is 6.08 Å². The SMILES string of the molecule is C=C(/C=C/c1ccccc1)O[C@H]1C2C(C)CCC2(CC)C2(C)CC1(C1CCCCC1)CC2C.C=C(C)CCC.CC. The van der Waals surface area contributed by atoms with Crippen molar-refractivity contribution < 1.29 is 4.74 Å². The molecule has 1 aromatic carbocycles. The minimum absolute atomic E-state index is 0.323. The highest BCUT2D eigenvalue weighted by Gasteiger charge is 2.74. The number of ether oxygens (including phenoxy) is 1. The minimum atomic E-state index is 0.323. The lowest BCUT2D eigenvalue weighted by molar-refractivity contribution is -0.179. The van der Waals surface area contributed by atoms with Gasteiger partial charge in [0, 0.05) is 11.3 Å². The fourth-order valence-corrected chi connectivity index (χ4v) is 10.2. The molecule has 4 saturated carbocycles. The van der Waals surface area contributed by atoms with Gasteiger partial charge < -0.3 is 4.74 Å². The van der Waals surface area contributed by atoms with E-state index in [2.05, 4.69) is 97.2 Å². The highest BCUT2D eigenvalue weighted by Crippen LogP contribution is 2.78. The molecule has 0 heterocycles. The van der Waals surface area contributed by atoms with Crippen LogP contribution in [0.3, 0.4) is 0 Å². The molecule has 4 aliphatic carbocycles. The van der Waals surface area contributed by atoms with Crippen molar-refractivity contribution >= 4 is 6.08 Å². The molecule has 0 spiro atoms. The van der Waals surface area contributed by atoms with Crippen LogP contribution in [0, 0.1) is 39.9 Å². The molecule has 1 heteroatoms. The lowest BCUT2D eigenvalue weighted by Crippen LogP contribution is -2.59. The van der Waals surface area contributed by atoms with Crippen LogP contribution in [0.15, 0.2) is 60.9 Å².